The molecule has 1 unspecified atom stereocenters. The number of rotatable bonds is 4. The van der Waals surface area contributed by atoms with Gasteiger partial charge in [0, 0.05) is 7.05 Å². The Bertz CT molecular complexity index is 514. The summed E-state index contributed by atoms with van der Waals surface area (Å²) < 4.78 is 16.0. The van der Waals surface area contributed by atoms with Crippen LogP contribution in [0.15, 0.2) is 12.1 Å². The third-order valence-electron chi connectivity index (χ3n) is 3.95. The highest BCUT2D eigenvalue weighted by Crippen LogP contribution is 2.51. The molecule has 1 fully saturated rings. The molecule has 0 bridgehead atoms. The minimum atomic E-state index is -0.417. The van der Waals surface area contributed by atoms with Gasteiger partial charge in [0.25, 0.3) is 0 Å². The van der Waals surface area contributed by atoms with Crippen LogP contribution in [0, 0.1) is 5.41 Å². The van der Waals surface area contributed by atoms with E-state index in [-0.39, 0.29) is 11.9 Å². The highest BCUT2D eigenvalue weighted by molar-refractivity contribution is 5.89. The second-order valence-electron chi connectivity index (χ2n) is 5.50. The number of β-lactam (4-membered cyclic amide) rings is 1. The zero-order valence-electron chi connectivity index (χ0n) is 12.8. The Morgan fingerprint density at radius 3 is 1.90 bits per heavy atom. The average Bonchev–Trinajstić information content (AvgIpc) is 2.45. The van der Waals surface area contributed by atoms with Crippen LogP contribution >= 0.6 is 0 Å². The number of methoxy groups -OCH3 is 3. The molecule has 110 valence electrons. The maximum atomic E-state index is 11.9. The maximum absolute atomic E-state index is 11.9. The number of likely N-dealkylation sites (tertiary alicyclic amines) is 1. The highest BCUT2D eigenvalue weighted by atomic mass is 16.5. The Labute approximate surface area is 119 Å². The minimum Gasteiger partial charge on any atom is -0.493 e. The normalized spacial score (nSPS) is 20.4. The smallest absolute Gasteiger partial charge is 0.230 e. The number of nitrogens with zero attached hydrogens (tertiary/aromatic N) is 1. The lowest BCUT2D eigenvalue weighted by Gasteiger charge is -2.51. The summed E-state index contributed by atoms with van der Waals surface area (Å²) in [6.45, 7) is 3.90. The second kappa shape index (κ2) is 4.89. The predicted octanol–water partition coefficient (Wildman–Crippen LogP) is 2.25. The van der Waals surface area contributed by atoms with E-state index in [2.05, 4.69) is 0 Å². The van der Waals surface area contributed by atoms with Crippen LogP contribution in [0.1, 0.15) is 25.5 Å². The van der Waals surface area contributed by atoms with Crippen molar-refractivity contribution >= 4 is 5.91 Å². The molecule has 0 aromatic heterocycles. The number of carbonyl (C=O) groups excluding carboxylic acids is 1. The van der Waals surface area contributed by atoms with Gasteiger partial charge in [0.1, 0.15) is 0 Å². The number of benzene rings is 1. The molecule has 0 saturated carbocycles. The Morgan fingerprint density at radius 2 is 1.55 bits per heavy atom. The maximum Gasteiger partial charge on any atom is 0.230 e. The van der Waals surface area contributed by atoms with Crippen molar-refractivity contribution in [1.82, 2.24) is 4.90 Å². The number of amides is 1. The van der Waals surface area contributed by atoms with Crippen molar-refractivity contribution in [2.45, 2.75) is 19.9 Å². The first-order chi connectivity index (χ1) is 9.38. The molecule has 1 aliphatic heterocycles. The van der Waals surface area contributed by atoms with Gasteiger partial charge in [-0.25, -0.2) is 0 Å². The first-order valence-electron chi connectivity index (χ1n) is 6.45. The summed E-state index contributed by atoms with van der Waals surface area (Å²) in [5, 5.41) is 0. The van der Waals surface area contributed by atoms with Crippen LogP contribution in [0.4, 0.5) is 0 Å². The molecule has 0 N–H and O–H groups in total. The third-order valence-corrected chi connectivity index (χ3v) is 3.95. The van der Waals surface area contributed by atoms with E-state index in [9.17, 15) is 4.79 Å². The summed E-state index contributed by atoms with van der Waals surface area (Å²) in [5.41, 5.74) is 0.561. The van der Waals surface area contributed by atoms with Gasteiger partial charge in [0.2, 0.25) is 11.7 Å². The molecule has 5 nitrogen and oxygen atoms in total. The van der Waals surface area contributed by atoms with Gasteiger partial charge < -0.3 is 19.1 Å². The number of hydrogen-bond acceptors (Lipinski definition) is 4. The van der Waals surface area contributed by atoms with E-state index < -0.39 is 5.41 Å². The fourth-order valence-corrected chi connectivity index (χ4v) is 3.01. The fraction of sp³-hybridized carbons (Fsp3) is 0.533. The molecule has 0 spiro atoms. The van der Waals surface area contributed by atoms with Crippen LogP contribution in [0.2, 0.25) is 0 Å². The largest absolute Gasteiger partial charge is 0.493 e. The van der Waals surface area contributed by atoms with Crippen LogP contribution < -0.4 is 14.2 Å². The lowest BCUT2D eigenvalue weighted by atomic mass is 9.71. The Hall–Kier alpha value is -1.91. The molecule has 1 aromatic rings. The van der Waals surface area contributed by atoms with E-state index in [1.807, 2.05) is 26.0 Å². The summed E-state index contributed by atoms with van der Waals surface area (Å²) in [4.78, 5) is 13.7. The standard InChI is InChI=1S/C15H21NO4/c1-15(2)13(16(3)14(15)17)9-7-10(18-4)12(20-6)11(8-9)19-5/h7-8,13H,1-6H3. The molecule has 0 aliphatic carbocycles. The number of hydrogen-bond donors (Lipinski definition) is 0. The molecular formula is C15H21NO4. The lowest BCUT2D eigenvalue weighted by Crippen LogP contribution is -2.58. The topological polar surface area (TPSA) is 48.0 Å². The van der Waals surface area contributed by atoms with Crippen molar-refractivity contribution in [3.8, 4) is 17.2 Å². The molecule has 1 heterocycles. The van der Waals surface area contributed by atoms with Gasteiger partial charge in [-0.3, -0.25) is 4.79 Å². The van der Waals surface area contributed by atoms with Crippen LogP contribution in [-0.4, -0.2) is 39.2 Å². The summed E-state index contributed by atoms with van der Waals surface area (Å²) in [6.07, 6.45) is 0. The Morgan fingerprint density at radius 1 is 1.05 bits per heavy atom. The van der Waals surface area contributed by atoms with Gasteiger partial charge in [-0.2, -0.15) is 0 Å². The molecule has 1 aromatic carbocycles. The van der Waals surface area contributed by atoms with Gasteiger partial charge in [0.15, 0.2) is 11.5 Å². The SMILES string of the molecule is COc1cc(C2N(C)C(=O)C2(C)C)cc(OC)c1OC. The van der Waals surface area contributed by atoms with E-state index in [1.165, 1.54) is 0 Å². The van der Waals surface area contributed by atoms with Crippen molar-refractivity contribution in [3.05, 3.63) is 17.7 Å². The zero-order valence-corrected chi connectivity index (χ0v) is 12.8. The second-order valence-corrected chi connectivity index (χ2v) is 5.50. The molecule has 1 amide bonds. The van der Waals surface area contributed by atoms with E-state index in [0.29, 0.717) is 17.2 Å². The molecule has 1 atom stereocenters. The van der Waals surface area contributed by atoms with Crippen LogP contribution in [0.3, 0.4) is 0 Å². The first kappa shape index (κ1) is 14.5. The quantitative estimate of drug-likeness (QED) is 0.793. The molecular weight excluding hydrogens is 258 g/mol. The van der Waals surface area contributed by atoms with Gasteiger partial charge in [0.05, 0.1) is 32.8 Å². The van der Waals surface area contributed by atoms with E-state index >= 15 is 0 Å². The van der Waals surface area contributed by atoms with Crippen LogP contribution in [0.5, 0.6) is 17.2 Å². The van der Waals surface area contributed by atoms with Crippen molar-refractivity contribution in [2.75, 3.05) is 28.4 Å². The van der Waals surface area contributed by atoms with Gasteiger partial charge in [-0.15, -0.1) is 0 Å². The molecule has 0 radical (unpaired) electrons. The number of ether oxygens (including phenoxy) is 3. The summed E-state index contributed by atoms with van der Waals surface area (Å²) >= 11 is 0. The summed E-state index contributed by atoms with van der Waals surface area (Å²) in [6, 6.07) is 3.80. The van der Waals surface area contributed by atoms with Crippen molar-refractivity contribution < 1.29 is 19.0 Å². The molecule has 5 heteroatoms. The van der Waals surface area contributed by atoms with Crippen molar-refractivity contribution in [3.63, 3.8) is 0 Å². The zero-order chi connectivity index (χ0) is 15.1. The fourth-order valence-electron chi connectivity index (χ4n) is 3.01. The summed E-state index contributed by atoms with van der Waals surface area (Å²) in [5.74, 6) is 1.90. The van der Waals surface area contributed by atoms with Crippen LogP contribution in [-0.2, 0) is 4.79 Å². The molecule has 2 rings (SSSR count). The van der Waals surface area contributed by atoms with Crippen LogP contribution in [0.25, 0.3) is 0 Å². The van der Waals surface area contributed by atoms with Gasteiger partial charge in [-0.05, 0) is 31.5 Å². The van der Waals surface area contributed by atoms with Gasteiger partial charge >= 0.3 is 0 Å². The molecule has 20 heavy (non-hydrogen) atoms. The predicted molar refractivity (Wildman–Crippen MR) is 75.4 cm³/mol. The first-order valence-corrected chi connectivity index (χ1v) is 6.45. The summed E-state index contributed by atoms with van der Waals surface area (Å²) in [7, 11) is 6.55. The van der Waals surface area contributed by atoms with E-state index in [0.717, 1.165) is 5.56 Å². The lowest BCUT2D eigenvalue weighted by molar-refractivity contribution is -0.165. The van der Waals surface area contributed by atoms with E-state index in [4.69, 9.17) is 14.2 Å². The minimum absolute atomic E-state index is 0.00343. The Kier molecular flexibility index (Phi) is 3.54. The van der Waals surface area contributed by atoms with Crippen molar-refractivity contribution in [2.24, 2.45) is 5.41 Å². The van der Waals surface area contributed by atoms with Crippen molar-refractivity contribution in [1.29, 1.82) is 0 Å². The number of carbonyl (C=O) groups is 1. The van der Waals surface area contributed by atoms with Gasteiger partial charge in [-0.1, -0.05) is 0 Å². The highest BCUT2D eigenvalue weighted by Gasteiger charge is 2.53. The molecule has 1 saturated heterocycles. The monoisotopic (exact) mass is 279 g/mol. The Balaban J connectivity index is 2.51. The third kappa shape index (κ3) is 1.88. The average molecular weight is 279 g/mol. The molecule has 1 aliphatic rings. The van der Waals surface area contributed by atoms with E-state index in [1.54, 1.807) is 33.3 Å².